The molecule has 0 fully saturated rings. The first-order valence-electron chi connectivity index (χ1n) is 2.83. The molecule has 0 aliphatic carbocycles. The maximum Gasteiger partial charge on any atom is 0.315 e. The summed E-state index contributed by atoms with van der Waals surface area (Å²) in [5.74, 6) is -2.34. The lowest BCUT2D eigenvalue weighted by atomic mass is 10.3. The summed E-state index contributed by atoms with van der Waals surface area (Å²) >= 11 is 0. The summed E-state index contributed by atoms with van der Waals surface area (Å²) in [4.78, 5) is 20.4. The van der Waals surface area contributed by atoms with Crippen molar-refractivity contribution in [2.45, 2.75) is 19.4 Å². The second-order valence-electron chi connectivity index (χ2n) is 1.93. The SMILES string of the molecule is CC(NC(=O)C(F)F)C(N)=O. The molecule has 0 saturated carbocycles. The van der Waals surface area contributed by atoms with Gasteiger partial charge < -0.3 is 11.1 Å². The van der Waals surface area contributed by atoms with E-state index in [-0.39, 0.29) is 0 Å². The molecule has 0 bridgehead atoms. The molecule has 0 aliphatic heterocycles. The molecule has 0 saturated heterocycles. The summed E-state index contributed by atoms with van der Waals surface area (Å²) in [5.41, 5.74) is 4.69. The fourth-order valence-corrected chi connectivity index (χ4v) is 0.348. The zero-order chi connectivity index (χ0) is 9.02. The van der Waals surface area contributed by atoms with E-state index in [9.17, 15) is 18.4 Å². The molecule has 6 heteroatoms. The van der Waals surface area contributed by atoms with E-state index >= 15 is 0 Å². The summed E-state index contributed by atoms with van der Waals surface area (Å²) in [6, 6.07) is -1.06. The van der Waals surface area contributed by atoms with Crippen LogP contribution in [0.2, 0.25) is 0 Å². The second kappa shape index (κ2) is 3.85. The van der Waals surface area contributed by atoms with E-state index < -0.39 is 24.3 Å². The summed E-state index contributed by atoms with van der Waals surface area (Å²) in [6.07, 6.45) is -3.11. The third-order valence-corrected chi connectivity index (χ3v) is 0.984. The van der Waals surface area contributed by atoms with Gasteiger partial charge in [0.25, 0.3) is 5.91 Å². The van der Waals surface area contributed by atoms with Crippen LogP contribution in [0.4, 0.5) is 8.78 Å². The molecule has 2 amide bonds. The van der Waals surface area contributed by atoms with Crippen LogP contribution in [0.1, 0.15) is 6.92 Å². The van der Waals surface area contributed by atoms with Gasteiger partial charge in [-0.1, -0.05) is 0 Å². The van der Waals surface area contributed by atoms with E-state index in [1.54, 1.807) is 5.32 Å². The maximum atomic E-state index is 11.5. The Hall–Kier alpha value is -1.20. The first-order valence-corrected chi connectivity index (χ1v) is 2.83. The van der Waals surface area contributed by atoms with Crippen LogP contribution in [0.3, 0.4) is 0 Å². The number of nitrogens with two attached hydrogens (primary N) is 1. The third-order valence-electron chi connectivity index (χ3n) is 0.984. The summed E-state index contributed by atoms with van der Waals surface area (Å²) in [7, 11) is 0. The molecule has 0 aliphatic rings. The number of halogens is 2. The number of carbonyl (C=O) groups is 2. The number of hydrogen-bond acceptors (Lipinski definition) is 2. The molecule has 0 aromatic heterocycles. The van der Waals surface area contributed by atoms with Gasteiger partial charge >= 0.3 is 6.43 Å². The minimum Gasteiger partial charge on any atom is -0.368 e. The Kier molecular flexibility index (Phi) is 3.43. The van der Waals surface area contributed by atoms with Gasteiger partial charge in [-0.15, -0.1) is 0 Å². The largest absolute Gasteiger partial charge is 0.368 e. The molecule has 0 radical (unpaired) electrons. The van der Waals surface area contributed by atoms with Crippen molar-refractivity contribution in [3.05, 3.63) is 0 Å². The van der Waals surface area contributed by atoms with Crippen LogP contribution in [0.25, 0.3) is 0 Å². The summed E-state index contributed by atoms with van der Waals surface area (Å²) in [6.45, 7) is 1.22. The lowest BCUT2D eigenvalue weighted by molar-refractivity contribution is -0.134. The number of alkyl halides is 2. The molecule has 0 heterocycles. The predicted molar refractivity (Wildman–Crippen MR) is 32.8 cm³/mol. The predicted octanol–water partition coefficient (Wildman–Crippen LogP) is -0.758. The first kappa shape index (κ1) is 9.80. The molecule has 1 atom stereocenters. The van der Waals surface area contributed by atoms with E-state index in [1.165, 1.54) is 6.92 Å². The quantitative estimate of drug-likeness (QED) is 0.578. The molecule has 11 heavy (non-hydrogen) atoms. The molecular formula is C5H8F2N2O2. The molecule has 64 valence electrons. The molecule has 0 rings (SSSR count). The molecule has 3 N–H and O–H groups in total. The Balaban J connectivity index is 3.85. The van der Waals surface area contributed by atoms with Crippen LogP contribution in [-0.4, -0.2) is 24.3 Å². The Bertz CT molecular complexity index is 172. The van der Waals surface area contributed by atoms with Gasteiger partial charge in [0.05, 0.1) is 0 Å². The number of hydrogen-bond donors (Lipinski definition) is 2. The fourth-order valence-electron chi connectivity index (χ4n) is 0.348. The van der Waals surface area contributed by atoms with Crippen LogP contribution in [0.15, 0.2) is 0 Å². The number of nitrogens with one attached hydrogen (secondary N) is 1. The van der Waals surface area contributed by atoms with E-state index in [4.69, 9.17) is 0 Å². The van der Waals surface area contributed by atoms with Crippen molar-refractivity contribution in [2.24, 2.45) is 5.73 Å². The van der Waals surface area contributed by atoms with Crippen molar-refractivity contribution >= 4 is 11.8 Å². The smallest absolute Gasteiger partial charge is 0.315 e. The maximum absolute atomic E-state index is 11.5. The normalized spacial score (nSPS) is 12.7. The third kappa shape index (κ3) is 3.49. The number of amides is 2. The summed E-state index contributed by atoms with van der Waals surface area (Å²) < 4.78 is 23.0. The number of carbonyl (C=O) groups excluding carboxylic acids is 2. The van der Waals surface area contributed by atoms with Gasteiger partial charge in [0, 0.05) is 0 Å². The van der Waals surface area contributed by atoms with Crippen LogP contribution in [-0.2, 0) is 9.59 Å². The van der Waals surface area contributed by atoms with Crippen molar-refractivity contribution in [3.8, 4) is 0 Å². The van der Waals surface area contributed by atoms with Crippen LogP contribution in [0, 0.1) is 0 Å². The zero-order valence-corrected chi connectivity index (χ0v) is 5.80. The highest BCUT2D eigenvalue weighted by Crippen LogP contribution is 1.92. The van der Waals surface area contributed by atoms with Crippen LogP contribution in [0.5, 0.6) is 0 Å². The highest BCUT2D eigenvalue weighted by molar-refractivity contribution is 5.87. The van der Waals surface area contributed by atoms with Gasteiger partial charge in [-0.3, -0.25) is 9.59 Å². The summed E-state index contributed by atoms with van der Waals surface area (Å²) in [5, 5.41) is 1.72. The topological polar surface area (TPSA) is 72.2 Å². The molecule has 1 unspecified atom stereocenters. The van der Waals surface area contributed by atoms with Gasteiger partial charge in [0.2, 0.25) is 5.91 Å². The highest BCUT2D eigenvalue weighted by atomic mass is 19.3. The molecular weight excluding hydrogens is 158 g/mol. The van der Waals surface area contributed by atoms with Crippen molar-refractivity contribution < 1.29 is 18.4 Å². The van der Waals surface area contributed by atoms with E-state index in [0.29, 0.717) is 0 Å². The van der Waals surface area contributed by atoms with Crippen LogP contribution >= 0.6 is 0 Å². The number of rotatable bonds is 3. The lowest BCUT2D eigenvalue weighted by Crippen LogP contribution is -2.44. The van der Waals surface area contributed by atoms with Gasteiger partial charge in [0.1, 0.15) is 6.04 Å². The monoisotopic (exact) mass is 166 g/mol. The average molecular weight is 166 g/mol. The zero-order valence-electron chi connectivity index (χ0n) is 5.80. The highest BCUT2D eigenvalue weighted by Gasteiger charge is 2.19. The minimum absolute atomic E-state index is 0.848. The molecule has 0 spiro atoms. The van der Waals surface area contributed by atoms with Crippen LogP contribution < -0.4 is 11.1 Å². The van der Waals surface area contributed by atoms with Gasteiger partial charge in [-0.05, 0) is 6.92 Å². The fraction of sp³-hybridized carbons (Fsp3) is 0.600. The van der Waals surface area contributed by atoms with Crippen molar-refractivity contribution in [1.29, 1.82) is 0 Å². The molecule has 0 aromatic rings. The molecule has 0 aromatic carbocycles. The minimum atomic E-state index is -3.11. The van der Waals surface area contributed by atoms with Crippen molar-refractivity contribution in [1.82, 2.24) is 5.32 Å². The van der Waals surface area contributed by atoms with E-state index in [0.717, 1.165) is 0 Å². The standard InChI is InChI=1S/C5H8F2N2O2/c1-2(4(8)10)9-5(11)3(6)7/h2-3H,1H3,(H2,8,10)(H,9,11). The Labute approximate surface area is 61.7 Å². The Morgan fingerprint density at radius 2 is 1.91 bits per heavy atom. The van der Waals surface area contributed by atoms with Gasteiger partial charge in [-0.2, -0.15) is 8.78 Å². The Morgan fingerprint density at radius 1 is 1.45 bits per heavy atom. The molecule has 4 nitrogen and oxygen atoms in total. The van der Waals surface area contributed by atoms with Crippen molar-refractivity contribution in [3.63, 3.8) is 0 Å². The van der Waals surface area contributed by atoms with E-state index in [2.05, 4.69) is 5.73 Å². The first-order chi connectivity index (χ1) is 4.95. The van der Waals surface area contributed by atoms with Gasteiger partial charge in [-0.25, -0.2) is 0 Å². The number of primary amides is 1. The van der Waals surface area contributed by atoms with Crippen molar-refractivity contribution in [2.75, 3.05) is 0 Å². The van der Waals surface area contributed by atoms with E-state index in [1.807, 2.05) is 0 Å². The average Bonchev–Trinajstić information content (AvgIpc) is 1.87. The van der Waals surface area contributed by atoms with Gasteiger partial charge in [0.15, 0.2) is 0 Å². The second-order valence-corrected chi connectivity index (χ2v) is 1.93. The lowest BCUT2D eigenvalue weighted by Gasteiger charge is -2.08. The Morgan fingerprint density at radius 3 is 2.18 bits per heavy atom.